The molecule has 1 aromatic heterocycles. The van der Waals surface area contributed by atoms with Gasteiger partial charge in [0.25, 0.3) is 0 Å². The normalized spacial score (nSPS) is 9.13. The molecule has 0 aliphatic rings. The van der Waals surface area contributed by atoms with Gasteiger partial charge < -0.3 is 5.11 Å². The summed E-state index contributed by atoms with van der Waals surface area (Å²) in [6.45, 7) is 0. The molecule has 0 radical (unpaired) electrons. The Morgan fingerprint density at radius 2 is 2.33 bits per heavy atom. The second kappa shape index (κ2) is 6.20. The molecule has 0 amide bonds. The Balaban J connectivity index is 2.65. The first kappa shape index (κ1) is 11.7. The lowest BCUT2D eigenvalue weighted by Crippen LogP contribution is -2.01. The van der Waals surface area contributed by atoms with Gasteiger partial charge in [-0.05, 0) is 12.1 Å². The van der Waals surface area contributed by atoms with E-state index in [0.29, 0.717) is 5.69 Å². The zero-order chi connectivity index (χ0) is 11.1. The molecule has 1 N–H and O–H groups in total. The van der Waals surface area contributed by atoms with Crippen molar-refractivity contribution in [2.24, 2.45) is 0 Å². The zero-order valence-corrected chi connectivity index (χ0v) is 9.62. The van der Waals surface area contributed by atoms with Crippen LogP contribution in [0.3, 0.4) is 0 Å². The summed E-state index contributed by atoms with van der Waals surface area (Å²) >= 11 is 3.28. The summed E-state index contributed by atoms with van der Waals surface area (Å²) in [7, 11) is 0. The molecule has 0 aromatic carbocycles. The maximum atomic E-state index is 10.4. The number of rotatable bonds is 3. The van der Waals surface area contributed by atoms with Crippen molar-refractivity contribution in [2.75, 3.05) is 5.33 Å². The van der Waals surface area contributed by atoms with E-state index in [4.69, 9.17) is 5.11 Å². The molecule has 15 heavy (non-hydrogen) atoms. The van der Waals surface area contributed by atoms with E-state index in [9.17, 15) is 4.79 Å². The quantitative estimate of drug-likeness (QED) is 0.672. The van der Waals surface area contributed by atoms with Crippen LogP contribution >= 0.6 is 15.9 Å². The molecule has 0 aliphatic carbocycles. The smallest absolute Gasteiger partial charge is 0.309 e. The number of aliphatic carboxylic acids is 1. The van der Waals surface area contributed by atoms with Crippen LogP contribution in [0.25, 0.3) is 0 Å². The van der Waals surface area contributed by atoms with Crippen molar-refractivity contribution in [1.82, 2.24) is 4.98 Å². The van der Waals surface area contributed by atoms with Crippen LogP contribution < -0.4 is 0 Å². The predicted octanol–water partition coefficient (Wildman–Crippen LogP) is 1.85. The Labute approximate surface area is 96.7 Å². The van der Waals surface area contributed by atoms with Crippen molar-refractivity contribution >= 4 is 21.9 Å². The molecule has 1 heterocycles. The Morgan fingerprint density at radius 1 is 1.53 bits per heavy atom. The summed E-state index contributed by atoms with van der Waals surface area (Å²) in [6, 6.07) is 3.47. The monoisotopic (exact) mass is 267 g/mol. The third-order valence-electron chi connectivity index (χ3n) is 1.61. The van der Waals surface area contributed by atoms with Crippen LogP contribution in [0.2, 0.25) is 0 Å². The van der Waals surface area contributed by atoms with Gasteiger partial charge in [0.15, 0.2) is 0 Å². The summed E-state index contributed by atoms with van der Waals surface area (Å²) < 4.78 is 0. The minimum atomic E-state index is -0.874. The van der Waals surface area contributed by atoms with Crippen LogP contribution in [0.1, 0.15) is 17.7 Å². The Morgan fingerprint density at radius 3 is 2.87 bits per heavy atom. The molecule has 0 spiro atoms. The highest BCUT2D eigenvalue weighted by Gasteiger charge is 2.00. The van der Waals surface area contributed by atoms with E-state index in [1.807, 2.05) is 0 Å². The van der Waals surface area contributed by atoms with Crippen LogP contribution in [-0.2, 0) is 11.2 Å². The molecule has 0 saturated heterocycles. The average molecular weight is 268 g/mol. The van der Waals surface area contributed by atoms with Crippen molar-refractivity contribution in [3.63, 3.8) is 0 Å². The van der Waals surface area contributed by atoms with Crippen LogP contribution in [-0.4, -0.2) is 21.4 Å². The average Bonchev–Trinajstić information content (AvgIpc) is 2.20. The molecular formula is C11H10BrNO2. The van der Waals surface area contributed by atoms with Crippen LogP contribution in [0.15, 0.2) is 18.3 Å². The number of carbonyl (C=O) groups is 1. The second-order valence-corrected chi connectivity index (χ2v) is 3.64. The molecule has 78 valence electrons. The van der Waals surface area contributed by atoms with Gasteiger partial charge in [-0.15, -0.1) is 0 Å². The van der Waals surface area contributed by atoms with Gasteiger partial charge in [-0.2, -0.15) is 0 Å². The molecule has 0 aliphatic heterocycles. The Bertz CT molecular complexity index is 389. The third-order valence-corrected chi connectivity index (χ3v) is 2.01. The van der Waals surface area contributed by atoms with Crippen LogP contribution in [0.5, 0.6) is 0 Å². The van der Waals surface area contributed by atoms with Gasteiger partial charge >= 0.3 is 5.97 Å². The predicted molar refractivity (Wildman–Crippen MR) is 60.9 cm³/mol. The highest BCUT2D eigenvalue weighted by molar-refractivity contribution is 9.09. The summed E-state index contributed by atoms with van der Waals surface area (Å²) in [5, 5.41) is 9.39. The van der Waals surface area contributed by atoms with Crippen LogP contribution in [0.4, 0.5) is 0 Å². The number of carboxylic acids is 1. The van der Waals surface area contributed by atoms with Gasteiger partial charge in [0.2, 0.25) is 0 Å². The van der Waals surface area contributed by atoms with Gasteiger partial charge in [0.1, 0.15) is 0 Å². The fourth-order valence-electron chi connectivity index (χ4n) is 0.970. The Hall–Kier alpha value is -1.34. The largest absolute Gasteiger partial charge is 0.481 e. The van der Waals surface area contributed by atoms with E-state index in [1.54, 1.807) is 18.3 Å². The molecular weight excluding hydrogens is 258 g/mol. The summed E-state index contributed by atoms with van der Waals surface area (Å²) in [5.41, 5.74) is 1.36. The van der Waals surface area contributed by atoms with Gasteiger partial charge in [-0.1, -0.05) is 27.8 Å². The van der Waals surface area contributed by atoms with Crippen molar-refractivity contribution in [1.29, 1.82) is 0 Å². The topological polar surface area (TPSA) is 50.2 Å². The highest BCUT2D eigenvalue weighted by Crippen LogP contribution is 2.00. The van der Waals surface area contributed by atoms with E-state index in [2.05, 4.69) is 32.8 Å². The number of hydrogen-bond acceptors (Lipinski definition) is 2. The van der Waals surface area contributed by atoms with Gasteiger partial charge in [-0.25, -0.2) is 0 Å². The SMILES string of the molecule is O=C(O)Cc1ccc(C#CCCBr)cn1. The third kappa shape index (κ3) is 4.61. The van der Waals surface area contributed by atoms with Crippen molar-refractivity contribution < 1.29 is 9.90 Å². The van der Waals surface area contributed by atoms with E-state index in [-0.39, 0.29) is 6.42 Å². The summed E-state index contributed by atoms with van der Waals surface area (Å²) in [4.78, 5) is 14.4. The molecule has 4 heteroatoms. The highest BCUT2D eigenvalue weighted by atomic mass is 79.9. The van der Waals surface area contributed by atoms with E-state index < -0.39 is 5.97 Å². The fraction of sp³-hybridized carbons (Fsp3) is 0.273. The first-order valence-corrected chi connectivity index (χ1v) is 5.56. The molecule has 0 atom stereocenters. The molecule has 0 saturated carbocycles. The lowest BCUT2D eigenvalue weighted by atomic mass is 10.2. The Kier molecular flexibility index (Phi) is 4.85. The first-order chi connectivity index (χ1) is 7.22. The maximum Gasteiger partial charge on any atom is 0.309 e. The van der Waals surface area contributed by atoms with Gasteiger partial charge in [0, 0.05) is 23.5 Å². The minimum absolute atomic E-state index is 0.0465. The summed E-state index contributed by atoms with van der Waals surface area (Å²) in [6.07, 6.45) is 2.34. The number of hydrogen-bond donors (Lipinski definition) is 1. The molecule has 3 nitrogen and oxygen atoms in total. The number of aromatic nitrogens is 1. The van der Waals surface area contributed by atoms with Crippen LogP contribution in [0, 0.1) is 11.8 Å². The van der Waals surface area contributed by atoms with Crippen molar-refractivity contribution in [3.8, 4) is 11.8 Å². The summed E-state index contributed by atoms with van der Waals surface area (Å²) in [5.74, 6) is 5.02. The molecule has 1 aromatic rings. The number of pyridine rings is 1. The molecule has 0 bridgehead atoms. The minimum Gasteiger partial charge on any atom is -0.481 e. The van der Waals surface area contributed by atoms with Gasteiger partial charge in [-0.3, -0.25) is 9.78 Å². The molecule has 0 fully saturated rings. The van der Waals surface area contributed by atoms with E-state index in [0.717, 1.165) is 17.3 Å². The van der Waals surface area contributed by atoms with Crippen molar-refractivity contribution in [3.05, 3.63) is 29.6 Å². The lowest BCUT2D eigenvalue weighted by Gasteiger charge is -1.95. The van der Waals surface area contributed by atoms with Crippen molar-refractivity contribution in [2.45, 2.75) is 12.8 Å². The first-order valence-electron chi connectivity index (χ1n) is 4.44. The molecule has 0 unspecified atom stereocenters. The fourth-order valence-corrected chi connectivity index (χ4v) is 1.17. The number of alkyl halides is 1. The molecule has 1 rings (SSSR count). The number of halogens is 1. The van der Waals surface area contributed by atoms with E-state index in [1.165, 1.54) is 0 Å². The second-order valence-electron chi connectivity index (χ2n) is 2.85. The standard InChI is InChI=1S/C11H10BrNO2/c12-6-2-1-3-9-4-5-10(13-8-9)7-11(14)15/h4-5,8H,2,6-7H2,(H,14,15). The van der Waals surface area contributed by atoms with Gasteiger partial charge in [0.05, 0.1) is 12.1 Å². The number of carboxylic acid groups (broad SMARTS) is 1. The lowest BCUT2D eigenvalue weighted by molar-refractivity contribution is -0.136. The zero-order valence-electron chi connectivity index (χ0n) is 8.03. The number of nitrogens with zero attached hydrogens (tertiary/aromatic N) is 1. The van der Waals surface area contributed by atoms with E-state index >= 15 is 0 Å². The maximum absolute atomic E-state index is 10.4.